The molecule has 1 aromatic carbocycles. The van der Waals surface area contributed by atoms with Crippen LogP contribution in [-0.2, 0) is 6.18 Å². The Morgan fingerprint density at radius 1 is 1.22 bits per heavy atom. The summed E-state index contributed by atoms with van der Waals surface area (Å²) in [6.07, 6.45) is -2.05. The number of aromatic nitrogens is 1. The molecule has 0 spiro atoms. The second-order valence-corrected chi connectivity index (χ2v) is 4.51. The van der Waals surface area contributed by atoms with E-state index in [-0.39, 0.29) is 17.7 Å². The van der Waals surface area contributed by atoms with Gasteiger partial charge in [0.2, 0.25) is 0 Å². The maximum absolute atomic E-state index is 12.5. The summed E-state index contributed by atoms with van der Waals surface area (Å²) >= 11 is 0. The fourth-order valence-electron chi connectivity index (χ4n) is 1.71. The van der Waals surface area contributed by atoms with E-state index in [1.165, 1.54) is 36.7 Å². The second kappa shape index (κ2) is 6.83. The van der Waals surface area contributed by atoms with Crippen LogP contribution in [0.3, 0.4) is 0 Å². The number of hydrogen-bond donors (Lipinski definition) is 1. The minimum absolute atomic E-state index is 0.0264. The largest absolute Gasteiger partial charge is 0.619 e. The molecule has 0 radical (unpaired) electrons. The van der Waals surface area contributed by atoms with Crippen molar-refractivity contribution in [1.82, 2.24) is 5.32 Å². The van der Waals surface area contributed by atoms with Gasteiger partial charge in [0.05, 0.1) is 17.7 Å². The molecule has 0 saturated heterocycles. The lowest BCUT2D eigenvalue weighted by atomic mass is 10.1. The number of hydrogen-bond acceptors (Lipinski definition) is 2. The predicted octanol–water partition coefficient (Wildman–Crippen LogP) is 2.12. The van der Waals surface area contributed by atoms with Crippen molar-refractivity contribution < 1.29 is 22.7 Å². The topological polar surface area (TPSA) is 56.0 Å². The van der Waals surface area contributed by atoms with E-state index in [1.54, 1.807) is 0 Å². The van der Waals surface area contributed by atoms with Crippen molar-refractivity contribution in [1.29, 1.82) is 0 Å². The van der Waals surface area contributed by atoms with E-state index in [4.69, 9.17) is 0 Å². The van der Waals surface area contributed by atoms with Crippen molar-refractivity contribution in [3.63, 3.8) is 0 Å². The molecule has 118 valence electrons. The molecule has 1 aromatic heterocycles. The van der Waals surface area contributed by atoms with Gasteiger partial charge in [0, 0.05) is 17.7 Å². The van der Waals surface area contributed by atoms with Crippen molar-refractivity contribution in [2.45, 2.75) is 6.18 Å². The quantitative estimate of drug-likeness (QED) is 0.523. The van der Waals surface area contributed by atoms with E-state index in [9.17, 15) is 23.2 Å². The summed E-state index contributed by atoms with van der Waals surface area (Å²) in [6, 6.07) is 7.33. The number of carbonyl (C=O) groups excluding carboxylic acids is 1. The Labute approximate surface area is 130 Å². The normalized spacial score (nSPS) is 10.6. The molecule has 23 heavy (non-hydrogen) atoms. The average Bonchev–Trinajstić information content (AvgIpc) is 2.51. The Balaban J connectivity index is 1.96. The zero-order chi connectivity index (χ0) is 16.9. The van der Waals surface area contributed by atoms with Crippen molar-refractivity contribution in [2.24, 2.45) is 0 Å². The molecule has 1 heterocycles. The van der Waals surface area contributed by atoms with E-state index >= 15 is 0 Å². The number of nitrogens with one attached hydrogen (secondary N) is 1. The van der Waals surface area contributed by atoms with Crippen molar-refractivity contribution in [3.8, 4) is 11.8 Å². The zero-order valence-electron chi connectivity index (χ0n) is 11.7. The van der Waals surface area contributed by atoms with Crippen LogP contribution < -0.4 is 10.0 Å². The molecule has 2 rings (SSSR count). The van der Waals surface area contributed by atoms with Crippen LogP contribution in [0.25, 0.3) is 0 Å². The Bertz CT molecular complexity index is 759. The van der Waals surface area contributed by atoms with Gasteiger partial charge in [-0.1, -0.05) is 17.9 Å². The van der Waals surface area contributed by atoms with Gasteiger partial charge in [0.15, 0.2) is 12.4 Å². The van der Waals surface area contributed by atoms with E-state index in [1.807, 2.05) is 0 Å². The lowest BCUT2D eigenvalue weighted by Gasteiger charge is -2.05. The summed E-state index contributed by atoms with van der Waals surface area (Å²) in [7, 11) is 0. The summed E-state index contributed by atoms with van der Waals surface area (Å²) in [5.74, 6) is 4.70. The van der Waals surface area contributed by atoms with Crippen molar-refractivity contribution in [3.05, 3.63) is 70.7 Å². The molecule has 0 fully saturated rings. The Morgan fingerprint density at radius 2 is 1.91 bits per heavy atom. The molecule has 0 unspecified atom stereocenters. The average molecular weight is 320 g/mol. The van der Waals surface area contributed by atoms with Crippen LogP contribution in [0, 0.1) is 17.0 Å². The first-order valence-electron chi connectivity index (χ1n) is 6.49. The van der Waals surface area contributed by atoms with Gasteiger partial charge < -0.3 is 10.5 Å². The van der Waals surface area contributed by atoms with Gasteiger partial charge in [0.25, 0.3) is 5.91 Å². The molecule has 4 nitrogen and oxygen atoms in total. The molecular weight excluding hydrogens is 309 g/mol. The maximum Gasteiger partial charge on any atom is 0.416 e. The van der Waals surface area contributed by atoms with Gasteiger partial charge in [-0.15, -0.1) is 0 Å². The number of rotatable bonds is 2. The van der Waals surface area contributed by atoms with Gasteiger partial charge in [-0.2, -0.15) is 17.9 Å². The van der Waals surface area contributed by atoms with Gasteiger partial charge >= 0.3 is 6.18 Å². The number of nitrogens with zero attached hydrogens (tertiary/aromatic N) is 1. The smallest absolute Gasteiger partial charge is 0.416 e. The van der Waals surface area contributed by atoms with Crippen LogP contribution in [0.5, 0.6) is 0 Å². The first-order chi connectivity index (χ1) is 10.9. The van der Waals surface area contributed by atoms with Crippen molar-refractivity contribution >= 4 is 5.91 Å². The number of pyridine rings is 1. The summed E-state index contributed by atoms with van der Waals surface area (Å²) < 4.78 is 38.2. The SMILES string of the molecule is O=C(NCC#Cc1cccc(C(F)(F)F)c1)c1cc[n+]([O-])cc1. The van der Waals surface area contributed by atoms with Crippen LogP contribution in [0.2, 0.25) is 0 Å². The molecule has 0 aliphatic carbocycles. The highest BCUT2D eigenvalue weighted by Gasteiger charge is 2.30. The highest BCUT2D eigenvalue weighted by molar-refractivity contribution is 5.94. The monoisotopic (exact) mass is 320 g/mol. The second-order valence-electron chi connectivity index (χ2n) is 4.51. The third kappa shape index (κ3) is 4.74. The molecule has 7 heteroatoms. The Hall–Kier alpha value is -3.01. The predicted molar refractivity (Wildman–Crippen MR) is 76.1 cm³/mol. The number of benzene rings is 1. The third-order valence-corrected chi connectivity index (χ3v) is 2.82. The van der Waals surface area contributed by atoms with Crippen LogP contribution in [-0.4, -0.2) is 12.5 Å². The van der Waals surface area contributed by atoms with Crippen LogP contribution >= 0.6 is 0 Å². The van der Waals surface area contributed by atoms with Crippen LogP contribution in [0.4, 0.5) is 13.2 Å². The van der Waals surface area contributed by atoms with Gasteiger partial charge in [-0.25, -0.2) is 0 Å². The number of amides is 1. The standard InChI is InChI=1S/C16H11F3N2O2/c17-16(18,19)14-5-1-3-12(11-14)4-2-8-20-15(22)13-6-9-21(23)10-7-13/h1,3,5-7,9-11H,8H2,(H,20,22). The molecule has 0 aliphatic heterocycles. The molecule has 0 saturated carbocycles. The molecule has 1 N–H and O–H groups in total. The fraction of sp³-hybridized carbons (Fsp3) is 0.125. The number of alkyl halides is 3. The van der Waals surface area contributed by atoms with Crippen molar-refractivity contribution in [2.75, 3.05) is 6.54 Å². The molecule has 0 bridgehead atoms. The minimum atomic E-state index is -4.42. The third-order valence-electron chi connectivity index (χ3n) is 2.82. The van der Waals surface area contributed by atoms with Gasteiger partial charge in [-0.05, 0) is 18.2 Å². The number of carbonyl (C=O) groups is 1. The summed E-state index contributed by atoms with van der Waals surface area (Å²) in [4.78, 5) is 11.7. The summed E-state index contributed by atoms with van der Waals surface area (Å²) in [5, 5.41) is 13.3. The Kier molecular flexibility index (Phi) is 4.86. The van der Waals surface area contributed by atoms with E-state index in [0.717, 1.165) is 12.1 Å². The highest BCUT2D eigenvalue weighted by atomic mass is 19.4. The lowest BCUT2D eigenvalue weighted by Crippen LogP contribution is -2.27. The first kappa shape index (κ1) is 16.4. The number of halogens is 3. The Morgan fingerprint density at radius 3 is 2.57 bits per heavy atom. The summed E-state index contributed by atoms with van der Waals surface area (Å²) in [5.41, 5.74) is -0.275. The molecule has 2 aromatic rings. The maximum atomic E-state index is 12.5. The molecule has 0 aliphatic rings. The van der Waals surface area contributed by atoms with Crippen LogP contribution in [0.1, 0.15) is 21.5 Å². The molecule has 0 atom stereocenters. The van der Waals surface area contributed by atoms with E-state index in [2.05, 4.69) is 17.2 Å². The zero-order valence-corrected chi connectivity index (χ0v) is 11.7. The van der Waals surface area contributed by atoms with E-state index in [0.29, 0.717) is 4.73 Å². The molecule has 1 amide bonds. The van der Waals surface area contributed by atoms with E-state index < -0.39 is 17.6 Å². The van der Waals surface area contributed by atoms with Gasteiger partial charge in [-0.3, -0.25) is 4.79 Å². The first-order valence-corrected chi connectivity index (χ1v) is 6.49. The highest BCUT2D eigenvalue weighted by Crippen LogP contribution is 2.29. The minimum Gasteiger partial charge on any atom is -0.619 e. The van der Waals surface area contributed by atoms with Gasteiger partial charge in [0.1, 0.15) is 0 Å². The molecular formula is C16H11F3N2O2. The lowest BCUT2D eigenvalue weighted by molar-refractivity contribution is -0.605. The fourth-order valence-corrected chi connectivity index (χ4v) is 1.71. The van der Waals surface area contributed by atoms with Crippen LogP contribution in [0.15, 0.2) is 48.8 Å². The summed E-state index contributed by atoms with van der Waals surface area (Å²) in [6.45, 7) is -0.0264.